The summed E-state index contributed by atoms with van der Waals surface area (Å²) in [5.41, 5.74) is 6.56. The Hall–Kier alpha value is -3.46. The van der Waals surface area contributed by atoms with Crippen molar-refractivity contribution in [2.75, 3.05) is 19.9 Å². The number of hydrogen-bond acceptors (Lipinski definition) is 5. The van der Waals surface area contributed by atoms with Crippen LogP contribution in [-0.2, 0) is 36.2 Å². The fourth-order valence-electron chi connectivity index (χ4n) is 6.47. The molecular weight excluding hydrogens is 580 g/mol. The predicted octanol–water partition coefficient (Wildman–Crippen LogP) is 7.66. The van der Waals surface area contributed by atoms with Crippen molar-refractivity contribution in [3.63, 3.8) is 0 Å². The summed E-state index contributed by atoms with van der Waals surface area (Å²) in [5.74, 6) is 2.39. The highest BCUT2D eigenvalue weighted by Gasteiger charge is 2.24. The van der Waals surface area contributed by atoms with E-state index in [1.807, 2.05) is 6.07 Å². The fourth-order valence-corrected chi connectivity index (χ4v) is 6.89. The number of nitrogens with zero attached hydrogens (tertiary/aromatic N) is 3. The lowest BCUT2D eigenvalue weighted by Crippen LogP contribution is -2.31. The second-order valence-electron chi connectivity index (χ2n) is 12.4. The first kappa shape index (κ1) is 32.9. The number of imidazole rings is 1. The minimum Gasteiger partial charge on any atom is -0.496 e. The van der Waals surface area contributed by atoms with Gasteiger partial charge in [-0.3, -0.25) is 4.90 Å². The van der Waals surface area contributed by atoms with Crippen molar-refractivity contribution in [3.8, 4) is 28.4 Å². The Morgan fingerprint density at radius 3 is 2.27 bits per heavy atom. The largest absolute Gasteiger partial charge is 0.496 e. The van der Waals surface area contributed by atoms with Crippen molar-refractivity contribution in [2.45, 2.75) is 78.0 Å². The summed E-state index contributed by atoms with van der Waals surface area (Å²) in [5, 5.41) is 0. The molecule has 3 aromatic carbocycles. The Labute approximate surface area is 269 Å². The topological polar surface area (TPSA) is 76.5 Å². The van der Waals surface area contributed by atoms with Crippen LogP contribution in [0.4, 0.5) is 0 Å². The Morgan fingerprint density at radius 2 is 1.62 bits per heavy atom. The first-order valence-electron chi connectivity index (χ1n) is 16.4. The molecule has 4 aromatic rings. The summed E-state index contributed by atoms with van der Waals surface area (Å²) in [4.78, 5) is 7.95. The number of ether oxygens (including phenoxy) is 1. The van der Waals surface area contributed by atoms with Gasteiger partial charge in [0.05, 0.1) is 24.8 Å². The third-order valence-electron chi connectivity index (χ3n) is 8.78. The molecule has 0 spiro atoms. The summed E-state index contributed by atoms with van der Waals surface area (Å²) < 4.78 is 34.2. The lowest BCUT2D eigenvalue weighted by atomic mass is 9.88. The zero-order chi connectivity index (χ0) is 31.6. The van der Waals surface area contributed by atoms with Crippen molar-refractivity contribution in [1.82, 2.24) is 19.2 Å². The summed E-state index contributed by atoms with van der Waals surface area (Å²) in [6.45, 7) is 5.93. The fraction of sp³-hybridized carbons (Fsp3) is 0.432. The van der Waals surface area contributed by atoms with Gasteiger partial charge < -0.3 is 9.30 Å². The van der Waals surface area contributed by atoms with Gasteiger partial charge in [0.2, 0.25) is 10.0 Å². The van der Waals surface area contributed by atoms with Gasteiger partial charge in [0, 0.05) is 49.4 Å². The van der Waals surface area contributed by atoms with E-state index in [0.717, 1.165) is 72.8 Å². The molecule has 240 valence electrons. The molecule has 1 aliphatic rings. The Bertz CT molecular complexity index is 1610. The maximum atomic E-state index is 11.7. The van der Waals surface area contributed by atoms with Gasteiger partial charge in [-0.25, -0.2) is 18.1 Å². The van der Waals surface area contributed by atoms with Crippen LogP contribution in [0, 0.1) is 5.92 Å². The van der Waals surface area contributed by atoms with E-state index in [4.69, 9.17) is 9.72 Å². The monoisotopic (exact) mass is 628 g/mol. The maximum Gasteiger partial charge on any atom is 0.209 e. The first-order valence-corrected chi connectivity index (χ1v) is 18.3. The van der Waals surface area contributed by atoms with Gasteiger partial charge in [-0.05, 0) is 36.8 Å². The molecule has 45 heavy (non-hydrogen) atoms. The van der Waals surface area contributed by atoms with E-state index < -0.39 is 10.0 Å². The molecule has 1 aromatic heterocycles. The highest BCUT2D eigenvalue weighted by atomic mass is 32.2. The number of methoxy groups -OCH3 is 1. The quantitative estimate of drug-likeness (QED) is 0.146. The molecule has 0 aliphatic heterocycles. The molecule has 0 bridgehead atoms. The highest BCUT2D eigenvalue weighted by Crippen LogP contribution is 2.33. The summed E-state index contributed by atoms with van der Waals surface area (Å²) >= 11 is 0. The zero-order valence-corrected chi connectivity index (χ0v) is 27.9. The molecular formula is C37H48N4O3S. The number of hydrogen-bond donors (Lipinski definition) is 1. The van der Waals surface area contributed by atoms with Gasteiger partial charge in [-0.2, -0.15) is 0 Å². The van der Waals surface area contributed by atoms with Crippen LogP contribution in [0.15, 0.2) is 78.9 Å². The van der Waals surface area contributed by atoms with Gasteiger partial charge in [0.1, 0.15) is 11.6 Å². The van der Waals surface area contributed by atoms with Gasteiger partial charge in [0.15, 0.2) is 0 Å². The van der Waals surface area contributed by atoms with E-state index >= 15 is 0 Å². The van der Waals surface area contributed by atoms with E-state index in [2.05, 4.69) is 93.9 Å². The maximum absolute atomic E-state index is 11.7. The predicted molar refractivity (Wildman–Crippen MR) is 183 cm³/mol. The smallest absolute Gasteiger partial charge is 0.209 e. The molecule has 8 heteroatoms. The summed E-state index contributed by atoms with van der Waals surface area (Å²) in [7, 11) is -1.66. The number of sulfonamides is 1. The van der Waals surface area contributed by atoms with Crippen LogP contribution in [0.3, 0.4) is 0 Å². The van der Waals surface area contributed by atoms with E-state index in [9.17, 15) is 8.42 Å². The van der Waals surface area contributed by atoms with E-state index in [1.165, 1.54) is 44.1 Å². The number of aromatic nitrogens is 2. The van der Waals surface area contributed by atoms with Crippen molar-refractivity contribution >= 4 is 10.0 Å². The normalized spacial score (nSPS) is 14.2. The van der Waals surface area contributed by atoms with E-state index in [1.54, 1.807) is 7.11 Å². The molecule has 0 saturated heterocycles. The van der Waals surface area contributed by atoms with Gasteiger partial charge in [-0.1, -0.05) is 105 Å². The van der Waals surface area contributed by atoms with Gasteiger partial charge in [0.25, 0.3) is 0 Å². The van der Waals surface area contributed by atoms with E-state index in [0.29, 0.717) is 11.7 Å². The van der Waals surface area contributed by atoms with Crippen molar-refractivity contribution in [1.29, 1.82) is 0 Å². The minimum absolute atomic E-state index is 0.202. The molecule has 1 fully saturated rings. The summed E-state index contributed by atoms with van der Waals surface area (Å²) in [6.07, 6.45) is 9.84. The van der Waals surface area contributed by atoms with E-state index in [-0.39, 0.29) is 6.54 Å². The third-order valence-corrected chi connectivity index (χ3v) is 9.45. The molecule has 1 aliphatic carbocycles. The van der Waals surface area contributed by atoms with Crippen LogP contribution in [-0.4, -0.2) is 42.8 Å². The lowest BCUT2D eigenvalue weighted by molar-refractivity contribution is 0.183. The van der Waals surface area contributed by atoms with Gasteiger partial charge in [-0.15, -0.1) is 0 Å². The first-order chi connectivity index (χ1) is 21.8. The van der Waals surface area contributed by atoms with Crippen LogP contribution in [0.5, 0.6) is 5.75 Å². The molecule has 0 radical (unpaired) electrons. The Kier molecular flexibility index (Phi) is 11.5. The van der Waals surface area contributed by atoms with Crippen LogP contribution in [0.2, 0.25) is 0 Å². The number of rotatable bonds is 15. The highest BCUT2D eigenvalue weighted by molar-refractivity contribution is 7.88. The molecule has 7 nitrogen and oxygen atoms in total. The molecule has 0 amide bonds. The van der Waals surface area contributed by atoms with Crippen molar-refractivity contribution in [3.05, 3.63) is 95.7 Å². The molecule has 0 unspecified atom stereocenters. The van der Waals surface area contributed by atoms with Crippen LogP contribution in [0.1, 0.15) is 68.7 Å². The minimum atomic E-state index is -3.31. The van der Waals surface area contributed by atoms with Crippen LogP contribution in [0.25, 0.3) is 22.6 Å². The lowest BCUT2D eigenvalue weighted by Gasteiger charge is -2.30. The Morgan fingerprint density at radius 1 is 0.933 bits per heavy atom. The molecule has 1 heterocycles. The number of unbranched alkanes of at least 4 members (excludes halogenated alkanes) is 1. The van der Waals surface area contributed by atoms with Crippen molar-refractivity contribution < 1.29 is 13.2 Å². The standard InChI is InChI=1S/C37H48N4O3S/c1-4-5-23-41-34(36(31-17-11-7-12-18-31)39-37(41)32-19-13-8-14-20-32)28-40(26-29-15-9-6-10-16-29)27-30-21-22-33(35(24-30)44-2)25-38-45(3,42)43/h7-8,11-14,17-22,24,29,38H,4-6,9-10,15-16,23,25-28H2,1-3H3. The molecule has 5 rings (SSSR count). The second kappa shape index (κ2) is 15.7. The average Bonchev–Trinajstić information content (AvgIpc) is 3.41. The van der Waals surface area contributed by atoms with Crippen LogP contribution >= 0.6 is 0 Å². The van der Waals surface area contributed by atoms with Gasteiger partial charge >= 0.3 is 0 Å². The third kappa shape index (κ3) is 9.06. The summed E-state index contributed by atoms with van der Waals surface area (Å²) in [6, 6.07) is 27.3. The second-order valence-corrected chi connectivity index (χ2v) is 14.2. The zero-order valence-electron chi connectivity index (χ0n) is 27.0. The molecule has 0 atom stereocenters. The molecule has 1 N–H and O–H groups in total. The Balaban J connectivity index is 1.54. The average molecular weight is 629 g/mol. The van der Waals surface area contributed by atoms with Crippen LogP contribution < -0.4 is 9.46 Å². The number of benzene rings is 3. The SMILES string of the molecule is CCCCn1c(-c2ccccc2)nc(-c2ccccc2)c1CN(Cc1ccc(CNS(C)(=O)=O)c(OC)c1)CC1CCCCC1. The molecule has 1 saturated carbocycles. The number of nitrogens with one attached hydrogen (secondary N) is 1. The van der Waals surface area contributed by atoms with Crippen molar-refractivity contribution in [2.24, 2.45) is 5.92 Å².